The number of guanidine groups is 1. The zero-order chi connectivity index (χ0) is 32.8. The number of phenols is 1. The Morgan fingerprint density at radius 2 is 1.93 bits per heavy atom. The average molecular weight is 624 g/mol. The first-order chi connectivity index (χ1) is 21.7. The standard InChI is InChI=1S/C36H53N3O6/c1-4-25(20-21-40)13-17-29(42)18-15-26-22-33(45-30-9-5-6-10-30)35(43)34-31(26)11-7-8-28(39-36(37)38)16-14-27(23-44-3)32(34)19-12-24(2)41/h13,17,22,25,27-28,30,32,40,43H,4-6,8-10,12,14-16,18-21,23H2,1-3H3,(H4,37,38,39). The van der Waals surface area contributed by atoms with Gasteiger partial charge in [0.2, 0.25) is 0 Å². The molecule has 9 heteroatoms. The Morgan fingerprint density at radius 1 is 1.18 bits per heavy atom. The molecule has 0 amide bonds. The van der Waals surface area contributed by atoms with E-state index in [4.69, 9.17) is 20.9 Å². The van der Waals surface area contributed by atoms with E-state index >= 15 is 0 Å². The smallest absolute Gasteiger partial charge is 0.186 e. The van der Waals surface area contributed by atoms with Crippen LogP contribution in [0.1, 0.15) is 114 Å². The Morgan fingerprint density at radius 3 is 2.58 bits per heavy atom. The first kappa shape index (κ1) is 36.1. The maximum atomic E-state index is 13.0. The quantitative estimate of drug-likeness (QED) is 0.0860. The lowest BCUT2D eigenvalue weighted by Crippen LogP contribution is -2.27. The molecule has 0 radical (unpaired) electrons. The van der Waals surface area contributed by atoms with Gasteiger partial charge in [0.05, 0.1) is 12.1 Å². The number of ketones is 2. The van der Waals surface area contributed by atoms with E-state index in [1.807, 2.05) is 19.1 Å². The number of methoxy groups -OCH3 is 1. The topological polar surface area (TPSA) is 157 Å². The molecule has 9 nitrogen and oxygen atoms in total. The van der Waals surface area contributed by atoms with Crippen LogP contribution >= 0.6 is 0 Å². The van der Waals surface area contributed by atoms with Crippen LogP contribution in [0.2, 0.25) is 0 Å². The number of hydrogen-bond donors (Lipinski definition) is 4. The van der Waals surface area contributed by atoms with Gasteiger partial charge in [0.15, 0.2) is 23.2 Å². The summed E-state index contributed by atoms with van der Waals surface area (Å²) in [6, 6.07) is 1.65. The summed E-state index contributed by atoms with van der Waals surface area (Å²) in [5.41, 5.74) is 13.7. The molecule has 0 spiro atoms. The lowest BCUT2D eigenvalue weighted by molar-refractivity contribution is -0.117. The van der Waals surface area contributed by atoms with E-state index in [0.29, 0.717) is 68.4 Å². The van der Waals surface area contributed by atoms with Crippen molar-refractivity contribution in [2.75, 3.05) is 20.3 Å². The van der Waals surface area contributed by atoms with Gasteiger partial charge in [-0.15, -0.1) is 0 Å². The minimum Gasteiger partial charge on any atom is -0.504 e. The van der Waals surface area contributed by atoms with Crippen LogP contribution in [0.25, 0.3) is 0 Å². The van der Waals surface area contributed by atoms with E-state index in [2.05, 4.69) is 16.8 Å². The Kier molecular flexibility index (Phi) is 14.9. The summed E-state index contributed by atoms with van der Waals surface area (Å²) in [5.74, 6) is 7.00. The highest BCUT2D eigenvalue weighted by Gasteiger charge is 2.33. The Labute approximate surface area is 268 Å². The molecule has 0 heterocycles. The average Bonchev–Trinajstić information content (AvgIpc) is 3.51. The van der Waals surface area contributed by atoms with Gasteiger partial charge in [-0.05, 0) is 107 Å². The Bertz CT molecular complexity index is 1250. The highest BCUT2D eigenvalue weighted by Crippen LogP contribution is 2.46. The number of Topliss-reactive ketones (excluding diaryl/α,β-unsaturated/α-hetero) is 1. The maximum absolute atomic E-state index is 13.0. The summed E-state index contributed by atoms with van der Waals surface area (Å²) in [7, 11) is 1.66. The number of fused-ring (bicyclic) bond motifs is 1. The van der Waals surface area contributed by atoms with Gasteiger partial charge < -0.3 is 35.9 Å². The van der Waals surface area contributed by atoms with Crippen LogP contribution in [-0.4, -0.2) is 60.2 Å². The molecule has 3 rings (SSSR count). The first-order valence-electron chi connectivity index (χ1n) is 16.6. The minimum absolute atomic E-state index is 0.0126. The zero-order valence-corrected chi connectivity index (χ0v) is 27.4. The summed E-state index contributed by atoms with van der Waals surface area (Å²) >= 11 is 0. The molecule has 4 atom stereocenters. The predicted octanol–water partition coefficient (Wildman–Crippen LogP) is 5.07. The molecule has 0 aliphatic heterocycles. The van der Waals surface area contributed by atoms with Crippen molar-refractivity contribution in [3.8, 4) is 23.3 Å². The molecule has 0 bridgehead atoms. The van der Waals surface area contributed by atoms with E-state index in [1.165, 1.54) is 0 Å². The van der Waals surface area contributed by atoms with E-state index in [0.717, 1.165) is 37.7 Å². The molecule has 0 saturated heterocycles. The summed E-state index contributed by atoms with van der Waals surface area (Å²) in [6.45, 7) is 4.12. The molecule has 2 aliphatic rings. The van der Waals surface area contributed by atoms with Crippen molar-refractivity contribution in [2.24, 2.45) is 28.3 Å². The second kappa shape index (κ2) is 18.6. The first-order valence-corrected chi connectivity index (χ1v) is 16.6. The number of ether oxygens (including phenoxy) is 2. The maximum Gasteiger partial charge on any atom is 0.186 e. The monoisotopic (exact) mass is 623 g/mol. The number of benzene rings is 1. The number of aliphatic hydroxyl groups excluding tert-OH is 1. The molecular formula is C36H53N3O6. The second-order valence-corrected chi connectivity index (χ2v) is 12.6. The third-order valence-electron chi connectivity index (χ3n) is 9.08. The Hall–Kier alpha value is -3.35. The molecule has 1 saturated carbocycles. The number of hydrogen-bond acceptors (Lipinski definition) is 7. The largest absolute Gasteiger partial charge is 0.504 e. The molecule has 2 aliphatic carbocycles. The fourth-order valence-electron chi connectivity index (χ4n) is 6.57. The summed E-state index contributed by atoms with van der Waals surface area (Å²) in [6.07, 6.45) is 12.3. The molecule has 6 N–H and O–H groups in total. The number of aliphatic imine (C=N–C) groups is 1. The number of rotatable bonds is 16. The summed E-state index contributed by atoms with van der Waals surface area (Å²) < 4.78 is 12.1. The van der Waals surface area contributed by atoms with Gasteiger partial charge in [0, 0.05) is 50.7 Å². The van der Waals surface area contributed by atoms with Gasteiger partial charge in [-0.3, -0.25) is 4.79 Å². The van der Waals surface area contributed by atoms with Crippen LogP contribution in [0.4, 0.5) is 0 Å². The number of nitrogens with zero attached hydrogens (tertiary/aromatic N) is 1. The number of aromatic hydroxyl groups is 1. The highest BCUT2D eigenvalue weighted by atomic mass is 16.5. The van der Waals surface area contributed by atoms with Gasteiger partial charge in [-0.1, -0.05) is 24.8 Å². The van der Waals surface area contributed by atoms with Gasteiger partial charge >= 0.3 is 0 Å². The molecule has 1 aromatic carbocycles. The third kappa shape index (κ3) is 11.2. The van der Waals surface area contributed by atoms with Gasteiger partial charge in [0.25, 0.3) is 0 Å². The molecule has 1 aromatic rings. The minimum atomic E-state index is -0.249. The van der Waals surface area contributed by atoms with Crippen molar-refractivity contribution in [3.63, 3.8) is 0 Å². The molecule has 45 heavy (non-hydrogen) atoms. The van der Waals surface area contributed by atoms with Crippen molar-refractivity contribution in [1.82, 2.24) is 0 Å². The molecule has 0 aromatic heterocycles. The highest BCUT2D eigenvalue weighted by molar-refractivity contribution is 5.89. The van der Waals surface area contributed by atoms with Gasteiger partial charge in [0.1, 0.15) is 5.78 Å². The van der Waals surface area contributed by atoms with Crippen LogP contribution in [0, 0.1) is 23.7 Å². The number of allylic oxidation sites excluding steroid dienone is 2. The number of aliphatic hydroxyl groups is 1. The van der Waals surface area contributed by atoms with Crippen LogP contribution in [0.3, 0.4) is 0 Å². The lowest BCUT2D eigenvalue weighted by Gasteiger charge is -2.31. The van der Waals surface area contributed by atoms with Crippen molar-refractivity contribution in [2.45, 2.75) is 115 Å². The zero-order valence-electron chi connectivity index (χ0n) is 27.4. The number of aryl methyl sites for hydroxylation is 1. The summed E-state index contributed by atoms with van der Waals surface area (Å²) in [4.78, 5) is 29.7. The number of carbonyl (C=O) groups is 2. The summed E-state index contributed by atoms with van der Waals surface area (Å²) in [5, 5.41) is 21.2. The third-order valence-corrected chi connectivity index (χ3v) is 9.08. The molecule has 248 valence electrons. The van der Waals surface area contributed by atoms with Crippen molar-refractivity contribution in [3.05, 3.63) is 34.9 Å². The van der Waals surface area contributed by atoms with E-state index in [9.17, 15) is 19.8 Å². The predicted molar refractivity (Wildman–Crippen MR) is 177 cm³/mol. The normalized spacial score (nSPS) is 21.0. The number of nitrogens with two attached hydrogens (primary N) is 2. The molecular weight excluding hydrogens is 570 g/mol. The van der Waals surface area contributed by atoms with Crippen molar-refractivity contribution < 1.29 is 29.3 Å². The number of carbonyl (C=O) groups excluding carboxylic acids is 2. The number of phenolic OH excluding ortho intramolecular Hbond substituents is 1. The van der Waals surface area contributed by atoms with Gasteiger partial charge in [-0.25, -0.2) is 4.99 Å². The fraction of sp³-hybridized carbons (Fsp3) is 0.639. The van der Waals surface area contributed by atoms with Crippen LogP contribution in [0.5, 0.6) is 11.5 Å². The van der Waals surface area contributed by atoms with Crippen molar-refractivity contribution >= 4 is 17.5 Å². The van der Waals surface area contributed by atoms with E-state index in [-0.39, 0.29) is 66.2 Å². The molecule has 4 unspecified atom stereocenters. The van der Waals surface area contributed by atoms with E-state index in [1.54, 1.807) is 20.1 Å². The van der Waals surface area contributed by atoms with Crippen LogP contribution in [-0.2, 0) is 20.7 Å². The van der Waals surface area contributed by atoms with Crippen LogP contribution < -0.4 is 16.2 Å². The van der Waals surface area contributed by atoms with E-state index < -0.39 is 0 Å². The lowest BCUT2D eigenvalue weighted by atomic mass is 9.75. The Balaban J connectivity index is 2.15. The van der Waals surface area contributed by atoms with Crippen molar-refractivity contribution in [1.29, 1.82) is 0 Å². The molecule has 1 fully saturated rings. The van der Waals surface area contributed by atoms with Gasteiger partial charge in [-0.2, -0.15) is 0 Å². The fourth-order valence-corrected chi connectivity index (χ4v) is 6.57. The SMILES string of the molecule is CCC(C=CC(=O)CCc1cc(OC2CCCC2)c(O)c2c1C#CCC(N=C(N)N)CCC(COC)C2CCC(C)=O)CCO. The second-order valence-electron chi connectivity index (χ2n) is 12.6. The van der Waals surface area contributed by atoms with Crippen LogP contribution in [0.15, 0.2) is 23.2 Å².